The van der Waals surface area contributed by atoms with Gasteiger partial charge in [-0.25, -0.2) is 5.43 Å². The summed E-state index contributed by atoms with van der Waals surface area (Å²) < 4.78 is 0.943. The summed E-state index contributed by atoms with van der Waals surface area (Å²) in [4.78, 5) is 0. The van der Waals surface area contributed by atoms with Gasteiger partial charge in [-0.2, -0.15) is 0 Å². The molecule has 0 radical (unpaired) electrons. The summed E-state index contributed by atoms with van der Waals surface area (Å²) in [6.45, 7) is 2.06. The summed E-state index contributed by atoms with van der Waals surface area (Å²) in [6.07, 6.45) is 0. The fourth-order valence-electron chi connectivity index (χ4n) is 1.86. The van der Waals surface area contributed by atoms with Crippen LogP contribution in [-0.4, -0.2) is 0 Å². The molecule has 0 heterocycles. The van der Waals surface area contributed by atoms with Gasteiger partial charge in [-0.05, 0) is 30.2 Å². The highest BCUT2D eigenvalue weighted by atomic mass is 79.9. The SMILES string of the molecule is Cc1ccc(C(NN)c2ccc(Cl)cc2Br)cc1. The van der Waals surface area contributed by atoms with Crippen LogP contribution in [0.2, 0.25) is 5.02 Å². The maximum Gasteiger partial charge on any atom is 0.0721 e. The zero-order valence-corrected chi connectivity index (χ0v) is 12.3. The van der Waals surface area contributed by atoms with E-state index in [0.717, 1.165) is 15.6 Å². The summed E-state index contributed by atoms with van der Waals surface area (Å²) in [6, 6.07) is 13.9. The maximum absolute atomic E-state index is 5.95. The Balaban J connectivity index is 2.41. The van der Waals surface area contributed by atoms with Crippen molar-refractivity contribution in [2.75, 3.05) is 0 Å². The van der Waals surface area contributed by atoms with Crippen molar-refractivity contribution < 1.29 is 0 Å². The minimum absolute atomic E-state index is 0.0581. The van der Waals surface area contributed by atoms with Crippen LogP contribution in [0.4, 0.5) is 0 Å². The van der Waals surface area contributed by atoms with Crippen molar-refractivity contribution in [3.8, 4) is 0 Å². The highest BCUT2D eigenvalue weighted by molar-refractivity contribution is 9.10. The molecule has 0 fully saturated rings. The number of rotatable bonds is 3. The lowest BCUT2D eigenvalue weighted by molar-refractivity contribution is 0.634. The second-order valence-electron chi connectivity index (χ2n) is 4.18. The monoisotopic (exact) mass is 324 g/mol. The Bertz CT molecular complexity index is 540. The topological polar surface area (TPSA) is 38.0 Å². The van der Waals surface area contributed by atoms with Crippen molar-refractivity contribution in [1.82, 2.24) is 5.43 Å². The van der Waals surface area contributed by atoms with Crippen LogP contribution >= 0.6 is 27.5 Å². The number of nitrogens with two attached hydrogens (primary N) is 1. The lowest BCUT2D eigenvalue weighted by Crippen LogP contribution is -2.29. The van der Waals surface area contributed by atoms with Crippen LogP contribution in [0.3, 0.4) is 0 Å². The van der Waals surface area contributed by atoms with E-state index in [1.807, 2.05) is 18.2 Å². The quantitative estimate of drug-likeness (QED) is 0.662. The fourth-order valence-corrected chi connectivity index (χ4v) is 2.77. The molecule has 0 saturated carbocycles. The molecule has 0 aliphatic heterocycles. The molecular formula is C14H14BrClN2. The molecule has 18 heavy (non-hydrogen) atoms. The van der Waals surface area contributed by atoms with E-state index >= 15 is 0 Å². The average Bonchev–Trinajstić information content (AvgIpc) is 2.35. The van der Waals surface area contributed by atoms with Gasteiger partial charge in [0.05, 0.1) is 6.04 Å². The van der Waals surface area contributed by atoms with E-state index in [1.165, 1.54) is 5.56 Å². The Hall–Kier alpha value is -0.870. The second-order valence-corrected chi connectivity index (χ2v) is 5.47. The largest absolute Gasteiger partial charge is 0.271 e. The van der Waals surface area contributed by atoms with Gasteiger partial charge >= 0.3 is 0 Å². The molecule has 3 N–H and O–H groups in total. The van der Waals surface area contributed by atoms with Gasteiger partial charge in [0.1, 0.15) is 0 Å². The van der Waals surface area contributed by atoms with E-state index in [2.05, 4.69) is 52.5 Å². The van der Waals surface area contributed by atoms with Crippen LogP contribution in [0.15, 0.2) is 46.9 Å². The highest BCUT2D eigenvalue weighted by Gasteiger charge is 2.15. The number of nitrogens with one attached hydrogen (secondary N) is 1. The Kier molecular flexibility index (Phi) is 4.40. The molecule has 0 amide bonds. The summed E-state index contributed by atoms with van der Waals surface area (Å²) >= 11 is 9.47. The van der Waals surface area contributed by atoms with E-state index in [0.29, 0.717) is 5.02 Å². The van der Waals surface area contributed by atoms with E-state index in [9.17, 15) is 0 Å². The zero-order valence-electron chi connectivity index (χ0n) is 9.95. The molecule has 1 unspecified atom stereocenters. The number of hydrogen-bond donors (Lipinski definition) is 2. The molecule has 4 heteroatoms. The molecule has 0 saturated heterocycles. The Labute approximate surface area is 120 Å². The first-order valence-electron chi connectivity index (χ1n) is 5.59. The van der Waals surface area contributed by atoms with E-state index in [-0.39, 0.29) is 6.04 Å². The molecule has 1 atom stereocenters. The van der Waals surface area contributed by atoms with Gasteiger partial charge in [-0.3, -0.25) is 5.84 Å². The lowest BCUT2D eigenvalue weighted by atomic mass is 9.98. The summed E-state index contributed by atoms with van der Waals surface area (Å²) in [7, 11) is 0. The number of benzene rings is 2. The summed E-state index contributed by atoms with van der Waals surface area (Å²) in [5, 5.41) is 0.699. The van der Waals surface area contributed by atoms with Gasteiger partial charge < -0.3 is 0 Å². The predicted octanol–water partition coefficient (Wildman–Crippen LogP) is 3.96. The second kappa shape index (κ2) is 5.85. The van der Waals surface area contributed by atoms with Crippen LogP contribution in [0.1, 0.15) is 22.7 Å². The van der Waals surface area contributed by atoms with Crippen molar-refractivity contribution >= 4 is 27.5 Å². The van der Waals surface area contributed by atoms with E-state index < -0.39 is 0 Å². The number of hydrazine groups is 1. The van der Waals surface area contributed by atoms with Crippen LogP contribution in [0.5, 0.6) is 0 Å². The van der Waals surface area contributed by atoms with Gasteiger partial charge in [0.2, 0.25) is 0 Å². The van der Waals surface area contributed by atoms with Crippen molar-refractivity contribution in [2.24, 2.45) is 5.84 Å². The van der Waals surface area contributed by atoms with E-state index in [1.54, 1.807) is 0 Å². The first kappa shape index (κ1) is 13.6. The lowest BCUT2D eigenvalue weighted by Gasteiger charge is -2.18. The van der Waals surface area contributed by atoms with Crippen molar-refractivity contribution in [3.05, 3.63) is 68.7 Å². The highest BCUT2D eigenvalue weighted by Crippen LogP contribution is 2.30. The normalized spacial score (nSPS) is 12.4. The van der Waals surface area contributed by atoms with Gasteiger partial charge in [-0.15, -0.1) is 0 Å². The summed E-state index contributed by atoms with van der Waals surface area (Å²) in [5.41, 5.74) is 6.25. The van der Waals surface area contributed by atoms with Gasteiger partial charge in [0.25, 0.3) is 0 Å². The Morgan fingerprint density at radius 1 is 1.17 bits per heavy atom. The van der Waals surface area contributed by atoms with Crippen molar-refractivity contribution in [3.63, 3.8) is 0 Å². The third kappa shape index (κ3) is 2.93. The summed E-state index contributed by atoms with van der Waals surface area (Å²) in [5.74, 6) is 5.68. The van der Waals surface area contributed by atoms with Crippen LogP contribution in [-0.2, 0) is 0 Å². The smallest absolute Gasteiger partial charge is 0.0721 e. The minimum atomic E-state index is -0.0581. The third-order valence-electron chi connectivity index (χ3n) is 2.85. The first-order valence-corrected chi connectivity index (χ1v) is 6.76. The van der Waals surface area contributed by atoms with Crippen LogP contribution in [0, 0.1) is 6.92 Å². The minimum Gasteiger partial charge on any atom is -0.271 e. The molecule has 0 aliphatic rings. The molecule has 94 valence electrons. The van der Waals surface area contributed by atoms with Gasteiger partial charge in [-0.1, -0.05) is 63.4 Å². The Morgan fingerprint density at radius 2 is 1.83 bits per heavy atom. The van der Waals surface area contributed by atoms with Crippen LogP contribution < -0.4 is 11.3 Å². The predicted molar refractivity (Wildman–Crippen MR) is 79.5 cm³/mol. The Morgan fingerprint density at radius 3 is 2.39 bits per heavy atom. The molecule has 0 aliphatic carbocycles. The molecule has 0 spiro atoms. The van der Waals surface area contributed by atoms with Crippen molar-refractivity contribution in [2.45, 2.75) is 13.0 Å². The molecular weight excluding hydrogens is 312 g/mol. The molecule has 0 bridgehead atoms. The zero-order chi connectivity index (χ0) is 13.1. The van der Waals surface area contributed by atoms with Crippen molar-refractivity contribution in [1.29, 1.82) is 0 Å². The number of halogens is 2. The fraction of sp³-hybridized carbons (Fsp3) is 0.143. The molecule has 2 aromatic rings. The number of aryl methyl sites for hydroxylation is 1. The van der Waals surface area contributed by atoms with Crippen LogP contribution in [0.25, 0.3) is 0 Å². The standard InChI is InChI=1S/C14H14BrClN2/c1-9-2-4-10(5-3-9)14(18-17)12-7-6-11(16)8-13(12)15/h2-8,14,18H,17H2,1H3. The first-order chi connectivity index (χ1) is 8.61. The van der Waals surface area contributed by atoms with E-state index in [4.69, 9.17) is 17.4 Å². The number of hydrogen-bond acceptors (Lipinski definition) is 2. The molecule has 2 nitrogen and oxygen atoms in total. The molecule has 0 aromatic heterocycles. The van der Waals surface area contributed by atoms with Gasteiger partial charge in [0.15, 0.2) is 0 Å². The average molecular weight is 326 g/mol. The third-order valence-corrected chi connectivity index (χ3v) is 3.77. The molecule has 2 aromatic carbocycles. The van der Waals surface area contributed by atoms with Gasteiger partial charge in [0, 0.05) is 9.50 Å². The molecule has 2 rings (SSSR count). The maximum atomic E-state index is 5.95.